The minimum Gasteiger partial charge on any atom is -0.496 e. The summed E-state index contributed by atoms with van der Waals surface area (Å²) < 4.78 is 49.0. The van der Waals surface area contributed by atoms with Crippen LogP contribution in [-0.2, 0) is 5.60 Å². The summed E-state index contributed by atoms with van der Waals surface area (Å²) in [5, 5.41) is 14.9. The summed E-state index contributed by atoms with van der Waals surface area (Å²) in [5.41, 5.74) is -3.14. The molecule has 0 spiro atoms. The number of nitrogens with zero attached hydrogens (tertiary/aromatic N) is 4. The molecule has 9 heteroatoms. The molecule has 0 radical (unpaired) electrons. The molecule has 0 aliphatic carbocycles. The Labute approximate surface area is 168 Å². The highest BCUT2D eigenvalue weighted by Crippen LogP contribution is 2.48. The van der Waals surface area contributed by atoms with Crippen molar-refractivity contribution >= 4 is 12.0 Å². The van der Waals surface area contributed by atoms with Crippen LogP contribution >= 0.6 is 0 Å². The molecular weight excluding hydrogens is 385 g/mol. The number of aryl methyl sites for hydroxylation is 1. The lowest BCUT2D eigenvalue weighted by Gasteiger charge is -2.31. The van der Waals surface area contributed by atoms with E-state index in [1.54, 1.807) is 27.1 Å². The van der Waals surface area contributed by atoms with Crippen LogP contribution in [0.25, 0.3) is 0 Å². The van der Waals surface area contributed by atoms with E-state index in [0.717, 1.165) is 12.7 Å². The van der Waals surface area contributed by atoms with E-state index in [1.165, 1.54) is 30.1 Å². The van der Waals surface area contributed by atoms with Crippen LogP contribution in [0.4, 0.5) is 18.9 Å². The molecule has 29 heavy (non-hydrogen) atoms. The van der Waals surface area contributed by atoms with Gasteiger partial charge in [0, 0.05) is 43.0 Å². The average molecular weight is 412 g/mol. The molecule has 2 rings (SSSR count). The van der Waals surface area contributed by atoms with Gasteiger partial charge in [0.1, 0.15) is 5.75 Å². The average Bonchev–Trinajstić information content (AvgIpc) is 3.15. The summed E-state index contributed by atoms with van der Waals surface area (Å²) >= 11 is 0. The van der Waals surface area contributed by atoms with E-state index in [1.807, 2.05) is 18.9 Å². The fourth-order valence-electron chi connectivity index (χ4n) is 2.79. The van der Waals surface area contributed by atoms with Crippen molar-refractivity contribution in [3.63, 3.8) is 0 Å². The summed E-state index contributed by atoms with van der Waals surface area (Å²) in [4.78, 5) is 6.14. The molecule has 1 N–H and O–H groups in total. The molecule has 1 heterocycles. The molecule has 0 bridgehead atoms. The zero-order chi connectivity index (χ0) is 22.0. The molecule has 0 fully saturated rings. The first-order valence-corrected chi connectivity index (χ1v) is 9.22. The molecule has 1 aromatic heterocycles. The monoisotopic (exact) mass is 412 g/mol. The Bertz CT molecular complexity index is 877. The number of hydrogen-bond acceptors (Lipinski definition) is 4. The predicted octanol–water partition coefficient (Wildman–Crippen LogP) is 4.19. The van der Waals surface area contributed by atoms with Gasteiger partial charge in [-0.2, -0.15) is 18.3 Å². The minimum absolute atomic E-state index is 0.112. The van der Waals surface area contributed by atoms with Crippen LogP contribution in [0, 0.1) is 6.92 Å². The van der Waals surface area contributed by atoms with Gasteiger partial charge in [-0.15, -0.1) is 0 Å². The van der Waals surface area contributed by atoms with E-state index in [4.69, 9.17) is 4.74 Å². The van der Waals surface area contributed by atoms with Crippen LogP contribution in [0.3, 0.4) is 0 Å². The molecule has 1 aromatic carbocycles. The van der Waals surface area contributed by atoms with E-state index >= 15 is 0 Å². The quantitative estimate of drug-likeness (QED) is 0.547. The topological polar surface area (TPSA) is 62.9 Å². The number of benzene rings is 1. The van der Waals surface area contributed by atoms with Crippen molar-refractivity contribution in [3.8, 4) is 5.75 Å². The fourth-order valence-corrected chi connectivity index (χ4v) is 2.79. The van der Waals surface area contributed by atoms with Gasteiger partial charge in [0.15, 0.2) is 0 Å². The fraction of sp³-hybridized carbons (Fsp3) is 0.500. The Kier molecular flexibility index (Phi) is 6.62. The molecule has 2 aromatic rings. The van der Waals surface area contributed by atoms with Crippen molar-refractivity contribution in [3.05, 3.63) is 41.2 Å². The molecule has 1 unspecified atom stereocenters. The number of rotatable bonds is 7. The van der Waals surface area contributed by atoms with Crippen molar-refractivity contribution < 1.29 is 23.0 Å². The Morgan fingerprint density at radius 1 is 1.34 bits per heavy atom. The number of hydrogen-bond donors (Lipinski definition) is 1. The SMILES string of the molecule is CCN(C)C=Nc1cc(OC)c(C(O)(c2cnn(C(C)C)c2)C(F)(F)F)cc1C. The zero-order valence-electron chi connectivity index (χ0n) is 17.4. The molecular formula is C20H27F3N4O2. The highest BCUT2D eigenvalue weighted by atomic mass is 19.4. The van der Waals surface area contributed by atoms with Crippen molar-refractivity contribution in [1.82, 2.24) is 14.7 Å². The van der Waals surface area contributed by atoms with Gasteiger partial charge in [-0.1, -0.05) is 0 Å². The third-order valence-electron chi connectivity index (χ3n) is 4.76. The largest absolute Gasteiger partial charge is 0.496 e. The van der Waals surface area contributed by atoms with Gasteiger partial charge in [-0.25, -0.2) is 4.99 Å². The summed E-state index contributed by atoms with van der Waals surface area (Å²) in [5.74, 6) is -0.112. The lowest BCUT2D eigenvalue weighted by atomic mass is 9.85. The van der Waals surface area contributed by atoms with Crippen LogP contribution in [0.1, 0.15) is 43.5 Å². The van der Waals surface area contributed by atoms with Crippen LogP contribution in [0.2, 0.25) is 0 Å². The van der Waals surface area contributed by atoms with Gasteiger partial charge in [0.25, 0.3) is 0 Å². The highest BCUT2D eigenvalue weighted by Gasteiger charge is 2.58. The summed E-state index contributed by atoms with van der Waals surface area (Å²) in [6, 6.07) is 2.50. The van der Waals surface area contributed by atoms with Crippen molar-refractivity contribution in [1.29, 1.82) is 0 Å². The van der Waals surface area contributed by atoms with Crippen molar-refractivity contribution in [2.45, 2.75) is 45.5 Å². The summed E-state index contributed by atoms with van der Waals surface area (Å²) in [6.07, 6.45) is -1.17. The van der Waals surface area contributed by atoms with E-state index < -0.39 is 17.3 Å². The number of ether oxygens (including phenoxy) is 1. The molecule has 0 saturated heterocycles. The second-order valence-corrected chi connectivity index (χ2v) is 7.17. The normalized spacial score (nSPS) is 14.4. The second-order valence-electron chi connectivity index (χ2n) is 7.17. The first kappa shape index (κ1) is 22.7. The maximum absolute atomic E-state index is 14.2. The lowest BCUT2D eigenvalue weighted by Crippen LogP contribution is -2.43. The first-order valence-electron chi connectivity index (χ1n) is 9.22. The lowest BCUT2D eigenvalue weighted by molar-refractivity contribution is -0.248. The predicted molar refractivity (Wildman–Crippen MR) is 106 cm³/mol. The summed E-state index contributed by atoms with van der Waals surface area (Å²) in [6.45, 7) is 7.88. The summed E-state index contributed by atoms with van der Waals surface area (Å²) in [7, 11) is 3.09. The second kappa shape index (κ2) is 8.44. The molecule has 1 atom stereocenters. The van der Waals surface area contributed by atoms with E-state index in [-0.39, 0.29) is 17.4 Å². The minimum atomic E-state index is -5.00. The number of aliphatic hydroxyl groups is 1. The molecule has 0 amide bonds. The highest BCUT2D eigenvalue weighted by molar-refractivity contribution is 5.66. The maximum Gasteiger partial charge on any atom is 0.426 e. The van der Waals surface area contributed by atoms with Crippen LogP contribution in [0.5, 0.6) is 5.75 Å². The Morgan fingerprint density at radius 2 is 2.00 bits per heavy atom. The van der Waals surface area contributed by atoms with E-state index in [0.29, 0.717) is 11.3 Å². The third-order valence-corrected chi connectivity index (χ3v) is 4.76. The number of methoxy groups -OCH3 is 1. The number of aliphatic imine (C=N–C) groups is 1. The first-order chi connectivity index (χ1) is 13.4. The molecule has 0 aliphatic rings. The Balaban J connectivity index is 2.68. The maximum atomic E-state index is 14.2. The molecule has 6 nitrogen and oxygen atoms in total. The number of alkyl halides is 3. The molecule has 160 valence electrons. The van der Waals surface area contributed by atoms with Gasteiger partial charge < -0.3 is 14.7 Å². The van der Waals surface area contributed by atoms with Gasteiger partial charge in [-0.3, -0.25) is 4.68 Å². The van der Waals surface area contributed by atoms with E-state index in [9.17, 15) is 18.3 Å². The van der Waals surface area contributed by atoms with Gasteiger partial charge in [0.2, 0.25) is 5.60 Å². The number of aromatic nitrogens is 2. The van der Waals surface area contributed by atoms with Crippen LogP contribution in [-0.4, -0.2) is 53.0 Å². The molecule has 0 aliphatic heterocycles. The Morgan fingerprint density at radius 3 is 2.48 bits per heavy atom. The van der Waals surface area contributed by atoms with Gasteiger partial charge >= 0.3 is 6.18 Å². The van der Waals surface area contributed by atoms with Gasteiger partial charge in [0.05, 0.1) is 25.3 Å². The third kappa shape index (κ3) is 4.39. The standard InChI is InChI=1S/C20H27F3N4O2/c1-7-26(5)12-24-17-9-18(29-6)16(8-14(17)4)19(28,20(21,22)23)15-10-25-27(11-15)13(2)3/h8-13,28H,7H2,1-6H3. The smallest absolute Gasteiger partial charge is 0.426 e. The van der Waals surface area contributed by atoms with Crippen LogP contribution < -0.4 is 4.74 Å². The number of halogens is 3. The van der Waals surface area contributed by atoms with E-state index in [2.05, 4.69) is 10.1 Å². The van der Waals surface area contributed by atoms with Crippen molar-refractivity contribution in [2.24, 2.45) is 4.99 Å². The Hall–Kier alpha value is -2.55. The van der Waals surface area contributed by atoms with Gasteiger partial charge in [-0.05, 0) is 39.3 Å². The zero-order valence-corrected chi connectivity index (χ0v) is 17.4. The molecule has 0 saturated carbocycles. The van der Waals surface area contributed by atoms with Crippen LogP contribution in [0.15, 0.2) is 29.5 Å². The van der Waals surface area contributed by atoms with Crippen molar-refractivity contribution in [2.75, 3.05) is 20.7 Å².